The number of nitrogens with one attached hydrogen (secondary N) is 1. The van der Waals surface area contributed by atoms with Gasteiger partial charge in [-0.2, -0.15) is 4.98 Å². The monoisotopic (exact) mass is 392 g/mol. The van der Waals surface area contributed by atoms with Crippen LogP contribution in [0.1, 0.15) is 36.2 Å². The first kappa shape index (κ1) is 18.5. The van der Waals surface area contributed by atoms with Gasteiger partial charge in [-0.15, -0.1) is 0 Å². The number of hydrogen-bond acceptors (Lipinski definition) is 6. The molecule has 0 unspecified atom stereocenters. The van der Waals surface area contributed by atoms with Crippen LogP contribution in [0.25, 0.3) is 22.6 Å². The fraction of sp³-hybridized carbons (Fsp3) is 0.143. The summed E-state index contributed by atoms with van der Waals surface area (Å²) in [5.41, 5.74) is 1.99. The number of rotatable bonds is 5. The smallest absolute Gasteiger partial charge is 0.302 e. The third-order valence-electron chi connectivity index (χ3n) is 4.11. The van der Waals surface area contributed by atoms with Crippen LogP contribution in [0.4, 0.5) is 10.4 Å². The number of aromatic nitrogens is 3. The van der Waals surface area contributed by atoms with E-state index < -0.39 is 5.91 Å². The topological polar surface area (TPSA) is 94.1 Å². The van der Waals surface area contributed by atoms with Gasteiger partial charge in [-0.25, -0.2) is 9.37 Å². The van der Waals surface area contributed by atoms with Gasteiger partial charge in [0, 0.05) is 17.7 Å². The number of amides is 1. The third-order valence-corrected chi connectivity index (χ3v) is 4.11. The number of pyridine rings is 1. The maximum atomic E-state index is 13.3. The molecule has 29 heavy (non-hydrogen) atoms. The molecule has 0 atom stereocenters. The Bertz CT molecular complexity index is 1130. The van der Waals surface area contributed by atoms with Crippen molar-refractivity contribution in [3.05, 3.63) is 72.4 Å². The molecule has 0 bridgehead atoms. The van der Waals surface area contributed by atoms with Gasteiger partial charge in [0.05, 0.1) is 5.69 Å². The lowest BCUT2D eigenvalue weighted by Crippen LogP contribution is -2.12. The minimum Gasteiger partial charge on any atom is -0.435 e. The van der Waals surface area contributed by atoms with Gasteiger partial charge in [-0.1, -0.05) is 19.9 Å². The lowest BCUT2D eigenvalue weighted by atomic mass is 10.1. The Hall–Kier alpha value is -3.81. The summed E-state index contributed by atoms with van der Waals surface area (Å²) in [7, 11) is 0. The third kappa shape index (κ3) is 3.91. The van der Waals surface area contributed by atoms with Crippen LogP contribution in [0.2, 0.25) is 0 Å². The van der Waals surface area contributed by atoms with Crippen molar-refractivity contribution >= 4 is 11.9 Å². The van der Waals surface area contributed by atoms with Gasteiger partial charge in [0.15, 0.2) is 5.89 Å². The van der Waals surface area contributed by atoms with E-state index in [0.29, 0.717) is 28.5 Å². The first-order chi connectivity index (χ1) is 14.0. The number of benzene rings is 1. The summed E-state index contributed by atoms with van der Waals surface area (Å²) in [6, 6.07) is 11.1. The molecular formula is C21H17FN4O3. The van der Waals surface area contributed by atoms with E-state index in [4.69, 9.17) is 8.83 Å². The summed E-state index contributed by atoms with van der Waals surface area (Å²) < 4.78 is 24.3. The van der Waals surface area contributed by atoms with Crippen LogP contribution < -0.4 is 5.32 Å². The maximum Gasteiger partial charge on any atom is 0.302 e. The van der Waals surface area contributed by atoms with E-state index in [2.05, 4.69) is 20.3 Å². The Labute approximate surface area is 165 Å². The molecule has 8 heteroatoms. The largest absolute Gasteiger partial charge is 0.435 e. The highest BCUT2D eigenvalue weighted by Gasteiger charge is 2.24. The average molecular weight is 392 g/mol. The summed E-state index contributed by atoms with van der Waals surface area (Å²) >= 11 is 0. The molecule has 0 saturated heterocycles. The van der Waals surface area contributed by atoms with Crippen LogP contribution >= 0.6 is 0 Å². The predicted octanol–water partition coefficient (Wildman–Crippen LogP) is 4.91. The van der Waals surface area contributed by atoms with Crippen molar-refractivity contribution in [1.82, 2.24) is 15.0 Å². The molecule has 0 fully saturated rings. The fourth-order valence-electron chi connectivity index (χ4n) is 2.66. The molecule has 0 aliphatic carbocycles. The van der Waals surface area contributed by atoms with E-state index in [9.17, 15) is 9.18 Å². The van der Waals surface area contributed by atoms with Crippen LogP contribution in [0, 0.1) is 5.82 Å². The number of anilines is 1. The van der Waals surface area contributed by atoms with Crippen LogP contribution in [-0.2, 0) is 0 Å². The second-order valence-electron chi connectivity index (χ2n) is 6.60. The molecule has 1 amide bonds. The van der Waals surface area contributed by atoms with E-state index in [1.54, 1.807) is 30.5 Å². The summed E-state index contributed by atoms with van der Waals surface area (Å²) in [4.78, 5) is 25.7. The van der Waals surface area contributed by atoms with E-state index >= 15 is 0 Å². The molecule has 1 N–H and O–H groups in total. The highest BCUT2D eigenvalue weighted by atomic mass is 19.1. The maximum absolute atomic E-state index is 13.3. The molecule has 0 aliphatic heterocycles. The number of carbonyl (C=O) groups is 1. The molecule has 0 radical (unpaired) electrons. The van der Waals surface area contributed by atoms with Crippen molar-refractivity contribution in [2.45, 2.75) is 19.8 Å². The van der Waals surface area contributed by atoms with Crippen molar-refractivity contribution < 1.29 is 18.0 Å². The van der Waals surface area contributed by atoms with Gasteiger partial charge < -0.3 is 8.83 Å². The van der Waals surface area contributed by atoms with Crippen LogP contribution in [0.5, 0.6) is 0 Å². The first-order valence-corrected chi connectivity index (χ1v) is 8.96. The molecule has 0 spiro atoms. The number of halogens is 1. The van der Waals surface area contributed by atoms with E-state index in [1.165, 1.54) is 18.4 Å². The standard InChI is InChI=1S/C21H17FN4O3/c1-12(2)20-25-17(13-6-8-14(22)9-7-13)18(29-20)19(27)26-21-24-16(11-28-21)15-5-3-4-10-23-15/h3-12H,1-2H3,(H,24,26,27). The Morgan fingerprint density at radius 1 is 1.07 bits per heavy atom. The highest BCUT2D eigenvalue weighted by Crippen LogP contribution is 2.28. The molecule has 4 rings (SSSR count). The molecule has 7 nitrogen and oxygen atoms in total. The highest BCUT2D eigenvalue weighted by molar-refractivity contribution is 6.05. The minimum absolute atomic E-state index is 0.00195. The number of hydrogen-bond donors (Lipinski definition) is 1. The summed E-state index contributed by atoms with van der Waals surface area (Å²) in [6.07, 6.45) is 3.04. The molecule has 4 aromatic rings. The average Bonchev–Trinajstić information content (AvgIpc) is 3.37. The second kappa shape index (κ2) is 7.67. The lowest BCUT2D eigenvalue weighted by Gasteiger charge is -2.01. The number of oxazole rings is 2. The molecule has 146 valence electrons. The fourth-order valence-corrected chi connectivity index (χ4v) is 2.66. The van der Waals surface area contributed by atoms with Crippen LogP contribution in [-0.4, -0.2) is 20.9 Å². The van der Waals surface area contributed by atoms with Gasteiger partial charge in [0.25, 0.3) is 5.91 Å². The quantitative estimate of drug-likeness (QED) is 0.519. The molecule has 3 heterocycles. The van der Waals surface area contributed by atoms with Gasteiger partial charge in [-0.05, 0) is 36.4 Å². The van der Waals surface area contributed by atoms with E-state index in [0.717, 1.165) is 0 Å². The Morgan fingerprint density at radius 2 is 1.86 bits per heavy atom. The van der Waals surface area contributed by atoms with E-state index in [-0.39, 0.29) is 23.5 Å². The molecule has 0 aliphatic rings. The van der Waals surface area contributed by atoms with Gasteiger partial charge >= 0.3 is 6.01 Å². The summed E-state index contributed by atoms with van der Waals surface area (Å²) in [6.45, 7) is 3.80. The van der Waals surface area contributed by atoms with Crippen molar-refractivity contribution in [2.75, 3.05) is 5.32 Å². The molecule has 3 aromatic heterocycles. The predicted molar refractivity (Wildman–Crippen MR) is 104 cm³/mol. The van der Waals surface area contributed by atoms with Crippen molar-refractivity contribution in [3.8, 4) is 22.6 Å². The summed E-state index contributed by atoms with van der Waals surface area (Å²) in [5, 5.41) is 2.57. The first-order valence-electron chi connectivity index (χ1n) is 8.96. The second-order valence-corrected chi connectivity index (χ2v) is 6.60. The van der Waals surface area contributed by atoms with Crippen LogP contribution in [0.15, 0.2) is 63.8 Å². The van der Waals surface area contributed by atoms with Crippen molar-refractivity contribution in [2.24, 2.45) is 0 Å². The molecule has 0 saturated carbocycles. The van der Waals surface area contributed by atoms with Crippen LogP contribution in [0.3, 0.4) is 0 Å². The zero-order valence-electron chi connectivity index (χ0n) is 15.7. The summed E-state index contributed by atoms with van der Waals surface area (Å²) in [5.74, 6) is -0.588. The minimum atomic E-state index is -0.571. The Balaban J connectivity index is 1.63. The Kier molecular flexibility index (Phi) is 4.90. The number of nitrogens with zero attached hydrogens (tertiary/aromatic N) is 3. The molecular weight excluding hydrogens is 375 g/mol. The van der Waals surface area contributed by atoms with Gasteiger partial charge in [0.1, 0.15) is 23.5 Å². The number of carbonyl (C=O) groups excluding carboxylic acids is 1. The zero-order valence-corrected chi connectivity index (χ0v) is 15.7. The van der Waals surface area contributed by atoms with E-state index in [1.807, 2.05) is 19.9 Å². The SMILES string of the molecule is CC(C)c1nc(-c2ccc(F)cc2)c(C(=O)Nc2nc(-c3ccccn3)co2)o1. The zero-order chi connectivity index (χ0) is 20.4. The molecule has 1 aromatic carbocycles. The van der Waals surface area contributed by atoms with Gasteiger partial charge in [-0.3, -0.25) is 15.1 Å². The van der Waals surface area contributed by atoms with Gasteiger partial charge in [0.2, 0.25) is 5.76 Å². The van der Waals surface area contributed by atoms with Crippen molar-refractivity contribution in [3.63, 3.8) is 0 Å². The lowest BCUT2D eigenvalue weighted by molar-refractivity contribution is 0.0992. The van der Waals surface area contributed by atoms with Crippen molar-refractivity contribution in [1.29, 1.82) is 0 Å². The normalized spacial score (nSPS) is 11.0. The Morgan fingerprint density at radius 3 is 2.55 bits per heavy atom.